The van der Waals surface area contributed by atoms with E-state index in [2.05, 4.69) is 10.1 Å². The fraction of sp³-hybridized carbons (Fsp3) is 0.438. The standard InChI is InChI=1S/C16H15F6IN2O7S/c1-7(26)24-9-4-10(12(23)11(5-9)25(3)8(2)27)13(28)32-14(15(17,18)19,16(20,21)22)6-33(29,30)31/h4-5H,6H2,1-3H3,(H,24,26)(H,29,30,31)/p-1. The zero-order chi connectivity index (χ0) is 26.2. The number of carbonyl (C=O) groups is 3. The summed E-state index contributed by atoms with van der Waals surface area (Å²) in [7, 11) is -5.06. The largest absolute Gasteiger partial charge is 0.748 e. The summed E-state index contributed by atoms with van der Waals surface area (Å²) in [6.07, 6.45) is -13.1. The van der Waals surface area contributed by atoms with E-state index >= 15 is 0 Å². The van der Waals surface area contributed by atoms with Crippen LogP contribution in [-0.2, 0) is 24.4 Å². The number of alkyl halides is 6. The van der Waals surface area contributed by atoms with Gasteiger partial charge >= 0.3 is 23.9 Å². The first-order valence-corrected chi connectivity index (χ1v) is 10.9. The Kier molecular flexibility index (Phi) is 8.41. The van der Waals surface area contributed by atoms with Crippen molar-refractivity contribution < 1.29 is 58.4 Å². The molecule has 0 aromatic heterocycles. The molecular formula is C16H14F6IN2O7S-. The Morgan fingerprint density at radius 1 is 1.09 bits per heavy atom. The molecular weight excluding hydrogens is 605 g/mol. The van der Waals surface area contributed by atoms with E-state index < -0.39 is 57.2 Å². The predicted octanol–water partition coefficient (Wildman–Crippen LogP) is 2.80. The monoisotopic (exact) mass is 619 g/mol. The summed E-state index contributed by atoms with van der Waals surface area (Å²) in [4.78, 5) is 36.4. The molecule has 0 heterocycles. The second-order valence-electron chi connectivity index (χ2n) is 6.53. The van der Waals surface area contributed by atoms with Crippen molar-refractivity contribution in [3.63, 3.8) is 0 Å². The molecule has 1 aromatic carbocycles. The first-order valence-electron chi connectivity index (χ1n) is 8.28. The summed E-state index contributed by atoms with van der Waals surface area (Å²) in [5, 5.41) is 2.14. The number of ether oxygens (including phenoxy) is 1. The highest BCUT2D eigenvalue weighted by atomic mass is 127. The molecule has 0 aliphatic rings. The molecule has 0 atom stereocenters. The van der Waals surface area contributed by atoms with Crippen molar-refractivity contribution in [2.24, 2.45) is 0 Å². The van der Waals surface area contributed by atoms with Crippen molar-refractivity contribution in [3.05, 3.63) is 21.3 Å². The van der Waals surface area contributed by atoms with Crippen LogP contribution in [0.4, 0.5) is 37.7 Å². The molecule has 1 rings (SSSR count). The Bertz CT molecular complexity index is 1060. The van der Waals surface area contributed by atoms with E-state index in [0.717, 1.165) is 31.9 Å². The lowest BCUT2D eigenvalue weighted by atomic mass is 10.0. The van der Waals surface area contributed by atoms with Crippen LogP contribution in [0.25, 0.3) is 0 Å². The Morgan fingerprint density at radius 2 is 1.58 bits per heavy atom. The van der Waals surface area contributed by atoms with Gasteiger partial charge in [0.2, 0.25) is 11.8 Å². The van der Waals surface area contributed by atoms with Crippen LogP contribution in [0.5, 0.6) is 0 Å². The summed E-state index contributed by atoms with van der Waals surface area (Å²) in [5.41, 5.74) is -7.18. The highest BCUT2D eigenvalue weighted by Gasteiger charge is 2.75. The van der Waals surface area contributed by atoms with Crippen LogP contribution in [0, 0.1) is 3.57 Å². The maximum absolute atomic E-state index is 13.4. The van der Waals surface area contributed by atoms with E-state index in [1.165, 1.54) is 22.6 Å². The number of rotatable bonds is 6. The molecule has 1 N–H and O–H groups in total. The van der Waals surface area contributed by atoms with Crippen LogP contribution in [-0.4, -0.2) is 61.5 Å². The molecule has 0 spiro atoms. The van der Waals surface area contributed by atoms with Crippen molar-refractivity contribution >= 4 is 61.9 Å². The Labute approximate surface area is 196 Å². The molecule has 0 bridgehead atoms. The maximum atomic E-state index is 13.4. The lowest BCUT2D eigenvalue weighted by molar-refractivity contribution is -0.356. The van der Waals surface area contributed by atoms with Crippen LogP contribution in [0.3, 0.4) is 0 Å². The van der Waals surface area contributed by atoms with Gasteiger partial charge in [-0.15, -0.1) is 0 Å². The molecule has 2 amide bonds. The molecule has 17 heteroatoms. The minimum absolute atomic E-state index is 0.206. The topological polar surface area (TPSA) is 133 Å². The third-order valence-electron chi connectivity index (χ3n) is 3.99. The Hall–Kier alpha value is -2.15. The highest BCUT2D eigenvalue weighted by Crippen LogP contribution is 2.47. The summed E-state index contributed by atoms with van der Waals surface area (Å²) >= 11 is 1.33. The lowest BCUT2D eigenvalue weighted by Gasteiger charge is -2.37. The fourth-order valence-electron chi connectivity index (χ4n) is 2.38. The van der Waals surface area contributed by atoms with E-state index in [4.69, 9.17) is 0 Å². The van der Waals surface area contributed by atoms with Gasteiger partial charge in [-0.05, 0) is 34.7 Å². The molecule has 0 saturated heterocycles. The van der Waals surface area contributed by atoms with Crippen molar-refractivity contribution in [1.29, 1.82) is 0 Å². The smallest absolute Gasteiger partial charge is 0.438 e. The number of benzene rings is 1. The van der Waals surface area contributed by atoms with Crippen LogP contribution >= 0.6 is 22.6 Å². The third kappa shape index (κ3) is 6.69. The van der Waals surface area contributed by atoms with Gasteiger partial charge in [0.1, 0.15) is 0 Å². The van der Waals surface area contributed by atoms with Crippen molar-refractivity contribution in [2.75, 3.05) is 23.0 Å². The van der Waals surface area contributed by atoms with Crippen molar-refractivity contribution in [2.45, 2.75) is 31.8 Å². The number of hydrogen-bond donors (Lipinski definition) is 1. The van der Waals surface area contributed by atoms with Gasteiger partial charge in [-0.2, -0.15) is 26.3 Å². The summed E-state index contributed by atoms with van der Waals surface area (Å²) < 4.78 is 117. The summed E-state index contributed by atoms with van der Waals surface area (Å²) in [6.45, 7) is 2.05. The number of halogens is 7. The molecule has 1 aromatic rings. The van der Waals surface area contributed by atoms with Crippen LogP contribution in [0.1, 0.15) is 24.2 Å². The SMILES string of the molecule is CC(=O)Nc1cc(C(=O)OC(CS(=O)(=O)[O-])(C(F)(F)F)C(F)(F)F)c(I)c(N(C)C(C)=O)c1. The van der Waals surface area contributed by atoms with Crippen molar-refractivity contribution in [3.8, 4) is 0 Å². The third-order valence-corrected chi connectivity index (χ3v) is 5.88. The van der Waals surface area contributed by atoms with E-state index in [1.807, 2.05) is 0 Å². The van der Waals surface area contributed by atoms with Crippen LogP contribution < -0.4 is 10.2 Å². The number of nitrogens with zero attached hydrogens (tertiary/aromatic N) is 1. The number of nitrogens with one attached hydrogen (secondary N) is 1. The van der Waals surface area contributed by atoms with Gasteiger partial charge < -0.3 is 19.5 Å². The normalized spacial score (nSPS) is 12.8. The molecule has 0 aliphatic carbocycles. The molecule has 0 radical (unpaired) electrons. The van der Waals surface area contributed by atoms with Gasteiger partial charge in [0.25, 0.3) is 0 Å². The second kappa shape index (κ2) is 9.61. The van der Waals surface area contributed by atoms with Gasteiger partial charge in [-0.1, -0.05) is 0 Å². The number of hydrogen-bond acceptors (Lipinski definition) is 7. The minimum atomic E-state index is -6.56. The average molecular weight is 619 g/mol. The van der Waals surface area contributed by atoms with E-state index in [9.17, 15) is 53.7 Å². The van der Waals surface area contributed by atoms with Crippen molar-refractivity contribution in [1.82, 2.24) is 0 Å². The predicted molar refractivity (Wildman–Crippen MR) is 107 cm³/mol. The summed E-state index contributed by atoms with van der Waals surface area (Å²) in [5.74, 6) is -6.89. The zero-order valence-corrected chi connectivity index (χ0v) is 19.7. The first-order chi connectivity index (χ1) is 14.6. The minimum Gasteiger partial charge on any atom is -0.748 e. The van der Waals surface area contributed by atoms with Gasteiger partial charge in [-0.25, -0.2) is 13.2 Å². The maximum Gasteiger partial charge on any atom is 0.438 e. The quantitative estimate of drug-likeness (QED) is 0.224. The average Bonchev–Trinajstić information content (AvgIpc) is 2.58. The molecule has 186 valence electrons. The summed E-state index contributed by atoms with van der Waals surface area (Å²) in [6, 6.07) is 1.76. The molecule has 0 fully saturated rings. The number of anilines is 2. The molecule has 9 nitrogen and oxygen atoms in total. The number of carbonyl (C=O) groups excluding carboxylic acids is 3. The van der Waals surface area contributed by atoms with Gasteiger partial charge in [-0.3, -0.25) is 9.59 Å². The van der Waals surface area contributed by atoms with E-state index in [-0.39, 0.29) is 14.9 Å². The lowest BCUT2D eigenvalue weighted by Crippen LogP contribution is -2.63. The second-order valence-corrected chi connectivity index (χ2v) is 9.01. The zero-order valence-electron chi connectivity index (χ0n) is 16.7. The van der Waals surface area contributed by atoms with Gasteiger partial charge in [0.15, 0.2) is 0 Å². The van der Waals surface area contributed by atoms with Crippen LogP contribution in [0.2, 0.25) is 0 Å². The van der Waals surface area contributed by atoms with E-state index in [0.29, 0.717) is 6.07 Å². The Morgan fingerprint density at radius 3 is 1.94 bits per heavy atom. The van der Waals surface area contributed by atoms with E-state index in [1.54, 1.807) is 0 Å². The first kappa shape index (κ1) is 28.9. The molecule has 0 saturated carbocycles. The van der Waals surface area contributed by atoms with Gasteiger partial charge in [0.05, 0.1) is 30.7 Å². The van der Waals surface area contributed by atoms with Crippen LogP contribution in [0.15, 0.2) is 12.1 Å². The highest BCUT2D eigenvalue weighted by molar-refractivity contribution is 14.1. The number of amides is 2. The molecule has 33 heavy (non-hydrogen) atoms. The Balaban J connectivity index is 3.80. The number of esters is 1. The van der Waals surface area contributed by atoms with Gasteiger partial charge in [0, 0.05) is 26.6 Å². The molecule has 0 aliphatic heterocycles. The molecule has 0 unspecified atom stereocenters. The fourth-order valence-corrected chi connectivity index (χ4v) is 4.16.